The summed E-state index contributed by atoms with van der Waals surface area (Å²) in [6, 6.07) is 0. The monoisotopic (exact) mass is 350 g/mol. The molecule has 5 heteroatoms. The Morgan fingerprint density at radius 1 is 1.24 bits per heavy atom. The van der Waals surface area contributed by atoms with Gasteiger partial charge in [-0.15, -0.1) is 0 Å². The Labute approximate surface area is 150 Å². The molecule has 2 saturated heterocycles. The summed E-state index contributed by atoms with van der Waals surface area (Å²) in [5.74, 6) is 0.380. The maximum Gasteiger partial charge on any atom is 0.315 e. The summed E-state index contributed by atoms with van der Waals surface area (Å²) >= 11 is 0. The van der Waals surface area contributed by atoms with E-state index in [1.54, 1.807) is 11.1 Å². The predicted molar refractivity (Wildman–Crippen MR) is 93.1 cm³/mol. The number of esters is 1. The van der Waals surface area contributed by atoms with Crippen molar-refractivity contribution in [2.45, 2.75) is 58.3 Å². The summed E-state index contributed by atoms with van der Waals surface area (Å²) in [6.07, 6.45) is 5.80. The summed E-state index contributed by atoms with van der Waals surface area (Å²) in [4.78, 5) is 13.9. The molecule has 25 heavy (non-hydrogen) atoms. The lowest BCUT2D eigenvalue weighted by Crippen LogP contribution is -3.11. The topological polar surface area (TPSA) is 49.2 Å². The molecule has 4 rings (SSSR count). The first-order chi connectivity index (χ1) is 12.0. The number of likely N-dealkylation sites (N-methyl/N-ethyl adjacent to an activating group) is 1. The Bertz CT molecular complexity index is 568. The number of hydrogen-bond acceptors (Lipinski definition) is 4. The molecule has 1 unspecified atom stereocenters. The standard InChI is InChI=1S/C20H31NO4/c1-13-5-4-6-20(2)10-17-14(9-16(13)20)15(19(22)25-17)11-21(3)12-18-23-7-8-24-18/h14-15,17-18H,4-12H2,1-3H3/p+1/t14-,15+,17-,20+/m1/s1. The summed E-state index contributed by atoms with van der Waals surface area (Å²) in [5, 5.41) is 0. The summed E-state index contributed by atoms with van der Waals surface area (Å²) in [5.41, 5.74) is 3.45. The van der Waals surface area contributed by atoms with Crippen molar-refractivity contribution in [1.29, 1.82) is 0 Å². The fourth-order valence-corrected chi connectivity index (χ4v) is 5.61. The normalized spacial score (nSPS) is 40.0. The zero-order chi connectivity index (χ0) is 17.6. The molecule has 0 spiro atoms. The zero-order valence-electron chi connectivity index (χ0n) is 15.8. The molecule has 0 aromatic carbocycles. The number of hydrogen-bond donors (Lipinski definition) is 1. The molecule has 1 N–H and O–H groups in total. The van der Waals surface area contributed by atoms with Crippen molar-refractivity contribution in [1.82, 2.24) is 0 Å². The molecule has 5 nitrogen and oxygen atoms in total. The second-order valence-corrected chi connectivity index (χ2v) is 8.86. The van der Waals surface area contributed by atoms with Gasteiger partial charge in [-0.3, -0.25) is 4.79 Å². The molecule has 3 fully saturated rings. The molecule has 4 aliphatic rings. The van der Waals surface area contributed by atoms with Gasteiger partial charge < -0.3 is 19.1 Å². The van der Waals surface area contributed by atoms with Gasteiger partial charge in [0.15, 0.2) is 0 Å². The van der Waals surface area contributed by atoms with Gasteiger partial charge in [-0.25, -0.2) is 0 Å². The molecule has 2 aliphatic heterocycles. The van der Waals surface area contributed by atoms with E-state index in [0.717, 1.165) is 25.9 Å². The minimum Gasteiger partial charge on any atom is -0.462 e. The van der Waals surface area contributed by atoms with Gasteiger partial charge in [0.25, 0.3) is 0 Å². The van der Waals surface area contributed by atoms with Gasteiger partial charge in [-0.05, 0) is 44.4 Å². The zero-order valence-corrected chi connectivity index (χ0v) is 15.8. The number of rotatable bonds is 4. The number of ether oxygens (including phenoxy) is 3. The van der Waals surface area contributed by atoms with Gasteiger partial charge >= 0.3 is 5.97 Å². The molecule has 0 amide bonds. The van der Waals surface area contributed by atoms with Crippen molar-refractivity contribution < 1.29 is 23.9 Å². The fourth-order valence-electron chi connectivity index (χ4n) is 5.61. The Hall–Kier alpha value is -0.910. The van der Waals surface area contributed by atoms with Gasteiger partial charge in [-0.1, -0.05) is 18.1 Å². The van der Waals surface area contributed by atoms with Crippen LogP contribution in [0, 0.1) is 17.3 Å². The average molecular weight is 350 g/mol. The van der Waals surface area contributed by atoms with Crippen LogP contribution in [0.25, 0.3) is 0 Å². The maximum absolute atomic E-state index is 12.6. The van der Waals surface area contributed by atoms with Gasteiger partial charge in [-0.2, -0.15) is 0 Å². The first kappa shape index (κ1) is 17.5. The minimum atomic E-state index is -0.119. The van der Waals surface area contributed by atoms with Crippen LogP contribution in [0.5, 0.6) is 0 Å². The maximum atomic E-state index is 12.6. The molecule has 2 aliphatic carbocycles. The molecule has 0 aromatic heterocycles. The van der Waals surface area contributed by atoms with Gasteiger partial charge in [0.2, 0.25) is 6.29 Å². The first-order valence-corrected chi connectivity index (χ1v) is 9.90. The molecule has 1 saturated carbocycles. The van der Waals surface area contributed by atoms with Crippen LogP contribution in [0.1, 0.15) is 46.0 Å². The summed E-state index contributed by atoms with van der Waals surface area (Å²) in [6.45, 7) is 7.65. The number of carbonyl (C=O) groups is 1. The van der Waals surface area contributed by atoms with Crippen LogP contribution >= 0.6 is 0 Å². The van der Waals surface area contributed by atoms with E-state index in [9.17, 15) is 4.79 Å². The van der Waals surface area contributed by atoms with E-state index in [1.807, 2.05) is 0 Å². The first-order valence-electron chi connectivity index (χ1n) is 9.90. The van der Waals surface area contributed by atoms with Gasteiger partial charge in [0.05, 0.1) is 26.8 Å². The Morgan fingerprint density at radius 3 is 2.76 bits per heavy atom. The molecular formula is C20H32NO4+. The number of carbonyl (C=O) groups excluding carboxylic acids is 1. The van der Waals surface area contributed by atoms with E-state index in [0.29, 0.717) is 19.1 Å². The lowest BCUT2D eigenvalue weighted by molar-refractivity contribution is -0.888. The van der Waals surface area contributed by atoms with Crippen LogP contribution in [0.3, 0.4) is 0 Å². The number of quaternary nitrogens is 1. The van der Waals surface area contributed by atoms with Crippen LogP contribution in [0.4, 0.5) is 0 Å². The summed E-state index contributed by atoms with van der Waals surface area (Å²) in [7, 11) is 2.13. The molecule has 0 bridgehead atoms. The van der Waals surface area contributed by atoms with E-state index >= 15 is 0 Å². The van der Waals surface area contributed by atoms with Crippen LogP contribution in [-0.4, -0.2) is 51.7 Å². The molecule has 5 atom stereocenters. The van der Waals surface area contributed by atoms with Crippen molar-refractivity contribution in [2.24, 2.45) is 17.3 Å². The SMILES string of the molecule is CC1=C2C[C@@H]3[C@H](C[NH+](C)CC4OCCO4)C(=O)O[C@@H]3C[C@]2(C)CCC1. The second-order valence-electron chi connectivity index (χ2n) is 8.86. The van der Waals surface area contributed by atoms with Crippen molar-refractivity contribution in [3.63, 3.8) is 0 Å². The number of fused-ring (bicyclic) bond motifs is 2. The lowest BCUT2D eigenvalue weighted by atomic mass is 9.59. The highest BCUT2D eigenvalue weighted by atomic mass is 16.7. The largest absolute Gasteiger partial charge is 0.462 e. The third-order valence-electron chi connectivity index (χ3n) is 6.95. The Balaban J connectivity index is 1.46. The predicted octanol–water partition coefficient (Wildman–Crippen LogP) is 1.33. The molecule has 2 heterocycles. The number of nitrogens with one attached hydrogen (secondary N) is 1. The van der Waals surface area contributed by atoms with Crippen molar-refractivity contribution in [2.75, 3.05) is 33.4 Å². The Morgan fingerprint density at radius 2 is 2.00 bits per heavy atom. The minimum absolute atomic E-state index is 0.0122. The third kappa shape index (κ3) is 3.26. The van der Waals surface area contributed by atoms with Crippen LogP contribution in [-0.2, 0) is 19.0 Å². The molecule has 0 aromatic rings. The quantitative estimate of drug-likeness (QED) is 0.614. The lowest BCUT2D eigenvalue weighted by Gasteiger charge is -2.45. The van der Waals surface area contributed by atoms with E-state index < -0.39 is 0 Å². The van der Waals surface area contributed by atoms with Crippen LogP contribution in [0.15, 0.2) is 11.1 Å². The average Bonchev–Trinajstić information content (AvgIpc) is 3.14. The summed E-state index contributed by atoms with van der Waals surface area (Å²) < 4.78 is 17.0. The van der Waals surface area contributed by atoms with Crippen molar-refractivity contribution in [3.8, 4) is 0 Å². The molecule has 140 valence electrons. The van der Waals surface area contributed by atoms with Gasteiger partial charge in [0, 0.05) is 5.92 Å². The van der Waals surface area contributed by atoms with E-state index in [4.69, 9.17) is 14.2 Å². The molecular weight excluding hydrogens is 318 g/mol. The highest BCUT2D eigenvalue weighted by Gasteiger charge is 2.53. The Kier molecular flexibility index (Phi) is 4.67. The van der Waals surface area contributed by atoms with E-state index in [-0.39, 0.29) is 29.7 Å². The highest BCUT2D eigenvalue weighted by molar-refractivity contribution is 5.75. The molecule has 0 radical (unpaired) electrons. The second kappa shape index (κ2) is 6.67. The van der Waals surface area contributed by atoms with E-state index in [2.05, 4.69) is 20.9 Å². The van der Waals surface area contributed by atoms with Gasteiger partial charge in [0.1, 0.15) is 18.6 Å². The number of allylic oxidation sites excluding steroid dienone is 2. The fraction of sp³-hybridized carbons (Fsp3) is 0.850. The van der Waals surface area contributed by atoms with Crippen molar-refractivity contribution in [3.05, 3.63) is 11.1 Å². The van der Waals surface area contributed by atoms with Crippen LogP contribution in [0.2, 0.25) is 0 Å². The van der Waals surface area contributed by atoms with E-state index in [1.165, 1.54) is 24.2 Å². The highest BCUT2D eigenvalue weighted by Crippen LogP contribution is 2.54. The third-order valence-corrected chi connectivity index (χ3v) is 6.95. The van der Waals surface area contributed by atoms with Crippen molar-refractivity contribution >= 4 is 5.97 Å². The van der Waals surface area contributed by atoms with Crippen LogP contribution < -0.4 is 4.90 Å². The smallest absolute Gasteiger partial charge is 0.315 e.